The van der Waals surface area contributed by atoms with Gasteiger partial charge in [0.2, 0.25) is 10.0 Å². The first-order chi connectivity index (χ1) is 14.5. The third-order valence-corrected chi connectivity index (χ3v) is 7.85. The van der Waals surface area contributed by atoms with Crippen molar-refractivity contribution in [1.82, 2.24) is 9.62 Å². The Kier molecular flexibility index (Phi) is 7.49. The summed E-state index contributed by atoms with van der Waals surface area (Å²) in [5, 5.41) is 2.53. The first kappa shape index (κ1) is 23.8. The fourth-order valence-corrected chi connectivity index (χ4v) is 5.21. The molecule has 2 amide bonds. The van der Waals surface area contributed by atoms with Crippen LogP contribution in [0.4, 0.5) is 16.2 Å². The van der Waals surface area contributed by atoms with E-state index in [1.807, 2.05) is 12.1 Å². The number of likely N-dealkylation sites (tertiary alicyclic amines) is 1. The minimum atomic E-state index is -3.29. The van der Waals surface area contributed by atoms with Crippen molar-refractivity contribution in [2.45, 2.75) is 71.0 Å². The lowest BCUT2D eigenvalue weighted by Gasteiger charge is -2.37. The maximum absolute atomic E-state index is 12.7. The van der Waals surface area contributed by atoms with Gasteiger partial charge in [0.1, 0.15) is 0 Å². The molecule has 2 fully saturated rings. The average molecular weight is 453 g/mol. The number of ether oxygens (including phenoxy) is 1. The van der Waals surface area contributed by atoms with Gasteiger partial charge in [-0.2, -0.15) is 0 Å². The Morgan fingerprint density at radius 3 is 2.29 bits per heavy atom. The van der Waals surface area contributed by atoms with Gasteiger partial charge in [0, 0.05) is 43.6 Å². The fraction of sp³-hybridized carbons (Fsp3) is 0.682. The second-order valence-corrected chi connectivity index (χ2v) is 11.3. The quantitative estimate of drug-likeness (QED) is 0.717. The van der Waals surface area contributed by atoms with Crippen LogP contribution >= 0.6 is 0 Å². The number of anilines is 2. The Bertz CT molecular complexity index is 871. The minimum Gasteiger partial charge on any atom is -0.372 e. The lowest BCUT2D eigenvalue weighted by molar-refractivity contribution is -0.00524. The van der Waals surface area contributed by atoms with E-state index in [1.54, 1.807) is 18.7 Å². The smallest absolute Gasteiger partial charge is 0.321 e. The molecule has 2 atom stereocenters. The van der Waals surface area contributed by atoms with E-state index in [4.69, 9.17) is 4.74 Å². The van der Waals surface area contributed by atoms with Gasteiger partial charge < -0.3 is 19.9 Å². The third-order valence-electron chi connectivity index (χ3n) is 5.94. The van der Waals surface area contributed by atoms with Crippen molar-refractivity contribution in [2.24, 2.45) is 0 Å². The van der Waals surface area contributed by atoms with Crippen molar-refractivity contribution in [2.75, 3.05) is 36.4 Å². The Morgan fingerprint density at radius 1 is 1.13 bits per heavy atom. The van der Waals surface area contributed by atoms with Crippen LogP contribution in [0.25, 0.3) is 0 Å². The number of benzene rings is 1. The molecule has 0 aliphatic carbocycles. The van der Waals surface area contributed by atoms with Crippen molar-refractivity contribution in [3.8, 4) is 0 Å². The number of urea groups is 1. The summed E-state index contributed by atoms with van der Waals surface area (Å²) in [6.07, 6.45) is 1.61. The van der Waals surface area contributed by atoms with E-state index in [0.717, 1.165) is 24.3 Å². The summed E-state index contributed by atoms with van der Waals surface area (Å²) in [6, 6.07) is 5.74. The summed E-state index contributed by atoms with van der Waals surface area (Å²) in [5.74, 6) is 0. The maximum Gasteiger partial charge on any atom is 0.321 e. The number of nitrogens with one attached hydrogen (secondary N) is 2. The van der Waals surface area contributed by atoms with Crippen LogP contribution in [0.15, 0.2) is 18.2 Å². The van der Waals surface area contributed by atoms with Crippen LogP contribution in [-0.2, 0) is 14.8 Å². The van der Waals surface area contributed by atoms with Crippen LogP contribution in [0.3, 0.4) is 0 Å². The lowest BCUT2D eigenvalue weighted by Crippen LogP contribution is -2.48. The number of hydrogen-bond donors (Lipinski definition) is 2. The molecule has 174 valence electrons. The number of rotatable bonds is 5. The molecule has 2 aliphatic heterocycles. The van der Waals surface area contributed by atoms with Crippen LogP contribution in [0, 0.1) is 6.92 Å². The second-order valence-electron chi connectivity index (χ2n) is 9.07. The van der Waals surface area contributed by atoms with Crippen LogP contribution < -0.4 is 14.9 Å². The van der Waals surface area contributed by atoms with Crippen LogP contribution in [0.2, 0.25) is 0 Å². The molecule has 1 aromatic rings. The van der Waals surface area contributed by atoms with Crippen LogP contribution in [0.5, 0.6) is 0 Å². The Balaban J connectivity index is 1.55. The van der Waals surface area contributed by atoms with E-state index in [9.17, 15) is 13.2 Å². The van der Waals surface area contributed by atoms with Gasteiger partial charge in [-0.25, -0.2) is 17.9 Å². The van der Waals surface area contributed by atoms with Crippen molar-refractivity contribution >= 4 is 27.4 Å². The zero-order chi connectivity index (χ0) is 22.8. The highest BCUT2D eigenvalue weighted by atomic mass is 32.2. The molecule has 0 radical (unpaired) electrons. The Hall–Kier alpha value is -1.84. The summed E-state index contributed by atoms with van der Waals surface area (Å²) in [6.45, 7) is 12.3. The van der Waals surface area contributed by atoms with Gasteiger partial charge in [-0.3, -0.25) is 0 Å². The van der Waals surface area contributed by atoms with Crippen molar-refractivity contribution < 1.29 is 17.9 Å². The maximum atomic E-state index is 12.7. The summed E-state index contributed by atoms with van der Waals surface area (Å²) in [7, 11) is -3.29. The molecule has 9 heteroatoms. The van der Waals surface area contributed by atoms with Crippen LogP contribution in [-0.4, -0.2) is 69.0 Å². The number of sulfonamides is 1. The Morgan fingerprint density at radius 2 is 1.74 bits per heavy atom. The number of amides is 2. The van der Waals surface area contributed by atoms with Crippen LogP contribution in [0.1, 0.15) is 46.1 Å². The number of carbonyl (C=O) groups is 1. The zero-order valence-corrected chi connectivity index (χ0v) is 20.0. The highest BCUT2D eigenvalue weighted by Crippen LogP contribution is 2.27. The fourth-order valence-electron chi connectivity index (χ4n) is 4.23. The monoisotopic (exact) mass is 452 g/mol. The molecule has 0 spiro atoms. The van der Waals surface area contributed by atoms with E-state index in [2.05, 4.69) is 41.8 Å². The molecule has 2 aliphatic rings. The minimum absolute atomic E-state index is 0.115. The predicted molar refractivity (Wildman–Crippen MR) is 124 cm³/mol. The van der Waals surface area contributed by atoms with Gasteiger partial charge in [0.15, 0.2) is 0 Å². The van der Waals surface area contributed by atoms with Gasteiger partial charge in [0.05, 0.1) is 17.5 Å². The van der Waals surface area contributed by atoms with Gasteiger partial charge in [0.25, 0.3) is 0 Å². The number of nitrogens with zero attached hydrogens (tertiary/aromatic N) is 2. The van der Waals surface area contributed by atoms with E-state index in [1.165, 1.54) is 5.69 Å². The SMILES string of the molecule is Cc1cc(NC(=O)N2CCC(NS(=O)(=O)C(C)C)CC2)ccc1N1C[C@@H](C)O[C@@H](C)C1. The average Bonchev–Trinajstić information content (AvgIpc) is 2.67. The van der Waals surface area contributed by atoms with E-state index in [-0.39, 0.29) is 24.3 Å². The molecule has 31 heavy (non-hydrogen) atoms. The molecule has 0 bridgehead atoms. The summed E-state index contributed by atoms with van der Waals surface area (Å²) >= 11 is 0. The lowest BCUT2D eigenvalue weighted by atomic mass is 10.1. The van der Waals surface area contributed by atoms with Gasteiger partial charge >= 0.3 is 6.03 Å². The molecule has 8 nitrogen and oxygen atoms in total. The summed E-state index contributed by atoms with van der Waals surface area (Å²) < 4.78 is 32.7. The first-order valence-electron chi connectivity index (χ1n) is 11.1. The largest absolute Gasteiger partial charge is 0.372 e. The number of piperidine rings is 1. The van der Waals surface area contributed by atoms with E-state index in [0.29, 0.717) is 25.9 Å². The van der Waals surface area contributed by atoms with Crippen molar-refractivity contribution in [1.29, 1.82) is 0 Å². The highest BCUT2D eigenvalue weighted by molar-refractivity contribution is 7.90. The van der Waals surface area contributed by atoms with Crippen molar-refractivity contribution in [3.05, 3.63) is 23.8 Å². The summed E-state index contributed by atoms with van der Waals surface area (Å²) in [4.78, 5) is 16.8. The number of carbonyl (C=O) groups excluding carboxylic acids is 1. The molecular formula is C22H36N4O4S. The topological polar surface area (TPSA) is 91.0 Å². The number of aryl methyl sites for hydroxylation is 1. The zero-order valence-electron chi connectivity index (χ0n) is 19.2. The Labute approximate surface area is 186 Å². The molecule has 0 saturated carbocycles. The van der Waals surface area contributed by atoms with E-state index >= 15 is 0 Å². The van der Waals surface area contributed by atoms with Gasteiger partial charge in [-0.1, -0.05) is 0 Å². The van der Waals surface area contributed by atoms with Gasteiger partial charge in [-0.15, -0.1) is 0 Å². The molecule has 0 aromatic heterocycles. The summed E-state index contributed by atoms with van der Waals surface area (Å²) in [5.41, 5.74) is 3.04. The molecule has 2 N–H and O–H groups in total. The van der Waals surface area contributed by atoms with Gasteiger partial charge in [-0.05, 0) is 71.2 Å². The molecule has 2 heterocycles. The van der Waals surface area contributed by atoms with E-state index < -0.39 is 15.3 Å². The first-order valence-corrected chi connectivity index (χ1v) is 12.7. The van der Waals surface area contributed by atoms with Crippen molar-refractivity contribution in [3.63, 3.8) is 0 Å². The standard InChI is InChI=1S/C22H36N4O4S/c1-15(2)31(28,29)24-19-8-10-25(11-9-19)22(27)23-20-6-7-21(16(3)12-20)26-13-17(4)30-18(5)14-26/h6-7,12,15,17-19,24H,8-11,13-14H2,1-5H3,(H,23,27)/t17-,18+. The third kappa shape index (κ3) is 6.11. The number of morpholine rings is 1. The second kappa shape index (κ2) is 9.75. The number of hydrogen-bond acceptors (Lipinski definition) is 5. The molecule has 1 aromatic carbocycles. The molecule has 3 rings (SSSR count). The molecular weight excluding hydrogens is 416 g/mol. The normalized spacial score (nSPS) is 23.3. The predicted octanol–water partition coefficient (Wildman–Crippen LogP) is 2.93. The highest BCUT2D eigenvalue weighted by Gasteiger charge is 2.27. The molecule has 0 unspecified atom stereocenters. The molecule has 2 saturated heterocycles.